The van der Waals surface area contributed by atoms with Gasteiger partial charge in [-0.25, -0.2) is 0 Å². The first-order chi connectivity index (χ1) is 8.12. The second-order valence-electron chi connectivity index (χ2n) is 6.15. The van der Waals surface area contributed by atoms with Crippen LogP contribution in [0.4, 0.5) is 0 Å². The van der Waals surface area contributed by atoms with Crippen LogP contribution in [-0.4, -0.2) is 17.6 Å². The van der Waals surface area contributed by atoms with Crippen molar-refractivity contribution >= 4 is 11.6 Å². The van der Waals surface area contributed by atoms with E-state index < -0.39 is 0 Å². The van der Waals surface area contributed by atoms with Crippen LogP contribution in [-0.2, 0) is 4.74 Å². The number of alkyl halides is 1. The fourth-order valence-corrected chi connectivity index (χ4v) is 4.25. The summed E-state index contributed by atoms with van der Waals surface area (Å²) in [5.74, 6) is 0.902. The van der Waals surface area contributed by atoms with E-state index in [1.165, 1.54) is 25.7 Å². The van der Waals surface area contributed by atoms with E-state index in [9.17, 15) is 0 Å². The number of halogens is 1. The predicted molar refractivity (Wildman–Crippen MR) is 73.6 cm³/mol. The van der Waals surface area contributed by atoms with Gasteiger partial charge in [0.05, 0.1) is 12.2 Å². The summed E-state index contributed by atoms with van der Waals surface area (Å²) in [6, 6.07) is 0. The molecule has 0 aromatic carbocycles. The van der Waals surface area contributed by atoms with Crippen LogP contribution < -0.4 is 0 Å². The summed E-state index contributed by atoms with van der Waals surface area (Å²) >= 11 is 6.43. The van der Waals surface area contributed by atoms with Gasteiger partial charge in [-0.05, 0) is 50.9 Å². The van der Waals surface area contributed by atoms with E-state index in [-0.39, 0.29) is 5.41 Å². The van der Waals surface area contributed by atoms with E-state index in [2.05, 4.69) is 20.8 Å². The van der Waals surface area contributed by atoms with Crippen LogP contribution in [0.25, 0.3) is 0 Å². The van der Waals surface area contributed by atoms with Gasteiger partial charge in [-0.1, -0.05) is 20.8 Å². The van der Waals surface area contributed by atoms with Crippen molar-refractivity contribution in [3.05, 3.63) is 0 Å². The normalized spacial score (nSPS) is 40.9. The SMILES string of the molecule is CCC1(CC)C(Cl)CC1OC1CCC(C)CC1. The summed E-state index contributed by atoms with van der Waals surface area (Å²) in [5.41, 5.74) is 0.268. The largest absolute Gasteiger partial charge is 0.374 e. The van der Waals surface area contributed by atoms with E-state index >= 15 is 0 Å². The fraction of sp³-hybridized carbons (Fsp3) is 1.00. The van der Waals surface area contributed by atoms with E-state index in [1.807, 2.05) is 0 Å². The zero-order valence-electron chi connectivity index (χ0n) is 11.5. The molecule has 0 saturated heterocycles. The minimum atomic E-state index is 0.268. The first-order valence-electron chi connectivity index (χ1n) is 7.42. The molecule has 0 spiro atoms. The molecule has 2 unspecified atom stereocenters. The van der Waals surface area contributed by atoms with Crippen LogP contribution in [0.2, 0.25) is 0 Å². The van der Waals surface area contributed by atoms with Crippen LogP contribution in [0.1, 0.15) is 65.7 Å². The summed E-state index contributed by atoms with van der Waals surface area (Å²) in [6.45, 7) is 6.88. The Hall–Kier alpha value is 0.250. The molecule has 0 bridgehead atoms. The molecule has 0 radical (unpaired) electrons. The molecule has 2 heteroatoms. The van der Waals surface area contributed by atoms with Gasteiger partial charge in [0.15, 0.2) is 0 Å². The fourth-order valence-electron chi connectivity index (χ4n) is 3.64. The lowest BCUT2D eigenvalue weighted by atomic mass is 9.62. The number of hydrogen-bond donors (Lipinski definition) is 0. The zero-order chi connectivity index (χ0) is 12.5. The third-order valence-electron chi connectivity index (χ3n) is 5.32. The maximum Gasteiger partial charge on any atom is 0.0663 e. The molecule has 100 valence electrons. The maximum atomic E-state index is 6.43. The average Bonchev–Trinajstić information content (AvgIpc) is 2.33. The van der Waals surface area contributed by atoms with Gasteiger partial charge in [-0.2, -0.15) is 0 Å². The number of ether oxygens (including phenoxy) is 1. The third kappa shape index (κ3) is 2.51. The Bertz CT molecular complexity index is 241. The van der Waals surface area contributed by atoms with Gasteiger partial charge in [-0.15, -0.1) is 11.6 Å². The van der Waals surface area contributed by atoms with E-state index in [4.69, 9.17) is 16.3 Å². The van der Waals surface area contributed by atoms with Gasteiger partial charge in [0.2, 0.25) is 0 Å². The highest BCUT2D eigenvalue weighted by Crippen LogP contribution is 2.52. The molecule has 2 atom stereocenters. The summed E-state index contributed by atoms with van der Waals surface area (Å²) in [5, 5.41) is 0.338. The second-order valence-corrected chi connectivity index (χ2v) is 6.68. The van der Waals surface area contributed by atoms with Crippen molar-refractivity contribution in [1.82, 2.24) is 0 Å². The van der Waals surface area contributed by atoms with Crippen molar-refractivity contribution in [1.29, 1.82) is 0 Å². The molecule has 2 aliphatic carbocycles. The highest BCUT2D eigenvalue weighted by molar-refractivity contribution is 6.21. The van der Waals surface area contributed by atoms with Gasteiger partial charge < -0.3 is 4.74 Å². The first kappa shape index (κ1) is 13.7. The minimum Gasteiger partial charge on any atom is -0.374 e. The Balaban J connectivity index is 1.87. The molecule has 2 saturated carbocycles. The molecule has 2 aliphatic rings. The minimum absolute atomic E-state index is 0.268. The Labute approximate surface area is 111 Å². The van der Waals surface area contributed by atoms with Crippen molar-refractivity contribution in [3.8, 4) is 0 Å². The summed E-state index contributed by atoms with van der Waals surface area (Å²) in [6.07, 6.45) is 9.52. The molecular weight excluding hydrogens is 232 g/mol. The lowest BCUT2D eigenvalue weighted by Crippen LogP contribution is -2.56. The average molecular weight is 259 g/mol. The summed E-state index contributed by atoms with van der Waals surface area (Å²) < 4.78 is 6.36. The highest BCUT2D eigenvalue weighted by Gasteiger charge is 2.53. The van der Waals surface area contributed by atoms with Crippen LogP contribution in [0.15, 0.2) is 0 Å². The number of rotatable bonds is 4. The first-order valence-corrected chi connectivity index (χ1v) is 7.85. The molecule has 0 amide bonds. The maximum absolute atomic E-state index is 6.43. The van der Waals surface area contributed by atoms with Gasteiger partial charge in [0.1, 0.15) is 0 Å². The van der Waals surface area contributed by atoms with Crippen molar-refractivity contribution in [2.24, 2.45) is 11.3 Å². The molecule has 0 N–H and O–H groups in total. The Kier molecular flexibility index (Phi) is 4.41. The molecule has 0 aromatic heterocycles. The molecular formula is C15H27ClO. The monoisotopic (exact) mass is 258 g/mol. The Morgan fingerprint density at radius 1 is 1.12 bits per heavy atom. The van der Waals surface area contributed by atoms with Gasteiger partial charge in [0, 0.05) is 10.8 Å². The molecule has 2 rings (SSSR count). The highest BCUT2D eigenvalue weighted by atomic mass is 35.5. The topological polar surface area (TPSA) is 9.23 Å². The molecule has 1 nitrogen and oxygen atoms in total. The molecule has 0 aromatic rings. The van der Waals surface area contributed by atoms with Crippen molar-refractivity contribution in [3.63, 3.8) is 0 Å². The lowest BCUT2D eigenvalue weighted by Gasteiger charge is -2.54. The molecule has 17 heavy (non-hydrogen) atoms. The lowest BCUT2D eigenvalue weighted by molar-refractivity contribution is -0.151. The predicted octanol–water partition coefficient (Wildman–Crippen LogP) is 4.77. The number of hydrogen-bond acceptors (Lipinski definition) is 1. The van der Waals surface area contributed by atoms with Crippen molar-refractivity contribution in [2.45, 2.75) is 83.3 Å². The second kappa shape index (κ2) is 5.48. The molecule has 0 aliphatic heterocycles. The summed E-state index contributed by atoms with van der Waals surface area (Å²) in [7, 11) is 0. The molecule has 2 fully saturated rings. The van der Waals surface area contributed by atoms with Gasteiger partial charge in [0.25, 0.3) is 0 Å². The zero-order valence-corrected chi connectivity index (χ0v) is 12.3. The van der Waals surface area contributed by atoms with Crippen LogP contribution in [0.3, 0.4) is 0 Å². The van der Waals surface area contributed by atoms with E-state index in [0.29, 0.717) is 17.6 Å². The van der Waals surface area contributed by atoms with Crippen molar-refractivity contribution in [2.75, 3.05) is 0 Å². The van der Waals surface area contributed by atoms with E-state index in [1.54, 1.807) is 0 Å². The Morgan fingerprint density at radius 3 is 2.18 bits per heavy atom. The summed E-state index contributed by atoms with van der Waals surface area (Å²) in [4.78, 5) is 0. The van der Waals surface area contributed by atoms with Crippen molar-refractivity contribution < 1.29 is 4.74 Å². The Morgan fingerprint density at radius 2 is 1.71 bits per heavy atom. The van der Waals surface area contributed by atoms with Gasteiger partial charge in [-0.3, -0.25) is 0 Å². The van der Waals surface area contributed by atoms with Gasteiger partial charge >= 0.3 is 0 Å². The third-order valence-corrected chi connectivity index (χ3v) is 5.93. The van der Waals surface area contributed by atoms with Crippen LogP contribution in [0, 0.1) is 11.3 Å². The quantitative estimate of drug-likeness (QED) is 0.660. The van der Waals surface area contributed by atoms with Crippen LogP contribution in [0.5, 0.6) is 0 Å². The standard InChI is InChI=1S/C15H27ClO/c1-4-15(5-2)13(16)10-14(15)17-12-8-6-11(3)7-9-12/h11-14H,4-10H2,1-3H3. The van der Waals surface area contributed by atoms with E-state index in [0.717, 1.165) is 25.2 Å². The smallest absolute Gasteiger partial charge is 0.0663 e. The van der Waals surface area contributed by atoms with Crippen LogP contribution >= 0.6 is 11.6 Å². The molecule has 0 heterocycles.